The molecule has 3 rings (SSSR count). The third-order valence-corrected chi connectivity index (χ3v) is 3.42. The van der Waals surface area contributed by atoms with Gasteiger partial charge in [0, 0.05) is 25.0 Å². The van der Waals surface area contributed by atoms with Gasteiger partial charge in [-0.1, -0.05) is 0 Å². The van der Waals surface area contributed by atoms with E-state index in [9.17, 15) is 4.39 Å². The second kappa shape index (κ2) is 5.86. The number of rotatable bonds is 3. The molecule has 1 saturated heterocycles. The molecule has 0 radical (unpaired) electrons. The first kappa shape index (κ1) is 12.8. The van der Waals surface area contributed by atoms with Gasteiger partial charge < -0.3 is 10.2 Å². The lowest BCUT2D eigenvalue weighted by molar-refractivity contribution is 0.573. The molecule has 2 aromatic rings. The summed E-state index contributed by atoms with van der Waals surface area (Å²) in [5.41, 5.74) is 0.780. The van der Waals surface area contributed by atoms with Gasteiger partial charge in [-0.2, -0.15) is 4.98 Å². The molecule has 4 nitrogen and oxygen atoms in total. The fourth-order valence-corrected chi connectivity index (χ4v) is 2.37. The Morgan fingerprint density at radius 2 is 1.75 bits per heavy atom. The molecule has 20 heavy (non-hydrogen) atoms. The smallest absolute Gasteiger partial charge is 0.229 e. The molecular weight excluding hydrogens is 255 g/mol. The first-order chi connectivity index (χ1) is 9.81. The summed E-state index contributed by atoms with van der Waals surface area (Å²) in [6.07, 6.45) is 5.47. The molecule has 104 valence electrons. The van der Waals surface area contributed by atoms with Crippen molar-refractivity contribution in [2.75, 3.05) is 23.3 Å². The number of benzene rings is 1. The van der Waals surface area contributed by atoms with E-state index in [0.717, 1.165) is 24.6 Å². The Morgan fingerprint density at radius 3 is 2.50 bits per heavy atom. The van der Waals surface area contributed by atoms with Crippen LogP contribution < -0.4 is 10.2 Å². The molecule has 1 fully saturated rings. The van der Waals surface area contributed by atoms with Gasteiger partial charge in [0.15, 0.2) is 0 Å². The van der Waals surface area contributed by atoms with Crippen LogP contribution in [-0.2, 0) is 0 Å². The quantitative estimate of drug-likeness (QED) is 0.930. The molecule has 5 heteroatoms. The van der Waals surface area contributed by atoms with E-state index in [1.165, 1.54) is 31.4 Å². The number of piperidine rings is 1. The van der Waals surface area contributed by atoms with Crippen molar-refractivity contribution in [2.45, 2.75) is 19.3 Å². The lowest BCUT2D eigenvalue weighted by Gasteiger charge is -2.27. The minimum atomic E-state index is -0.251. The van der Waals surface area contributed by atoms with Crippen molar-refractivity contribution < 1.29 is 4.39 Å². The van der Waals surface area contributed by atoms with Crippen molar-refractivity contribution >= 4 is 17.5 Å². The number of aromatic nitrogens is 2. The molecule has 1 aliphatic heterocycles. The molecule has 0 atom stereocenters. The molecule has 1 aromatic carbocycles. The summed E-state index contributed by atoms with van der Waals surface area (Å²) in [7, 11) is 0. The molecular formula is C15H17FN4. The second-order valence-electron chi connectivity index (χ2n) is 4.92. The molecule has 0 aliphatic carbocycles. The summed E-state index contributed by atoms with van der Waals surface area (Å²) < 4.78 is 12.9. The van der Waals surface area contributed by atoms with Crippen LogP contribution in [0, 0.1) is 5.82 Å². The minimum absolute atomic E-state index is 0.251. The molecule has 0 spiro atoms. The third kappa shape index (κ3) is 3.04. The molecule has 0 bridgehead atoms. The summed E-state index contributed by atoms with van der Waals surface area (Å²) in [4.78, 5) is 11.0. The van der Waals surface area contributed by atoms with Crippen LogP contribution in [0.5, 0.6) is 0 Å². The molecule has 1 N–H and O–H groups in total. The Bertz CT molecular complexity index is 564. The molecule has 0 unspecified atom stereocenters. The maximum atomic E-state index is 12.9. The fraction of sp³-hybridized carbons (Fsp3) is 0.333. The molecule has 1 aromatic heterocycles. The van der Waals surface area contributed by atoms with Crippen LogP contribution in [0.3, 0.4) is 0 Å². The van der Waals surface area contributed by atoms with Gasteiger partial charge in [0.25, 0.3) is 0 Å². The van der Waals surface area contributed by atoms with Crippen molar-refractivity contribution in [2.24, 2.45) is 0 Å². The predicted octanol–water partition coefficient (Wildman–Crippen LogP) is 3.35. The van der Waals surface area contributed by atoms with Gasteiger partial charge in [-0.3, -0.25) is 0 Å². The average molecular weight is 272 g/mol. The van der Waals surface area contributed by atoms with Crippen molar-refractivity contribution in [1.29, 1.82) is 0 Å². The summed E-state index contributed by atoms with van der Waals surface area (Å²) >= 11 is 0. The van der Waals surface area contributed by atoms with E-state index in [-0.39, 0.29) is 5.82 Å². The zero-order chi connectivity index (χ0) is 13.8. The number of hydrogen-bond acceptors (Lipinski definition) is 4. The van der Waals surface area contributed by atoms with Gasteiger partial charge in [-0.25, -0.2) is 9.37 Å². The van der Waals surface area contributed by atoms with E-state index >= 15 is 0 Å². The van der Waals surface area contributed by atoms with Gasteiger partial charge in [-0.05, 0) is 49.6 Å². The standard InChI is InChI=1S/C15H17FN4/c16-12-4-6-13(7-5-12)18-15-17-9-8-14(19-15)20-10-2-1-3-11-20/h4-9H,1-3,10-11H2,(H,17,18,19). The van der Waals surface area contributed by atoms with Crippen LogP contribution in [0.1, 0.15) is 19.3 Å². The fourth-order valence-electron chi connectivity index (χ4n) is 2.37. The van der Waals surface area contributed by atoms with Crippen LogP contribution in [0.25, 0.3) is 0 Å². The van der Waals surface area contributed by atoms with Crippen LogP contribution in [0.2, 0.25) is 0 Å². The molecule has 1 aliphatic rings. The number of nitrogens with one attached hydrogen (secondary N) is 1. The topological polar surface area (TPSA) is 41.1 Å². The Kier molecular flexibility index (Phi) is 3.76. The number of hydrogen-bond donors (Lipinski definition) is 1. The lowest BCUT2D eigenvalue weighted by atomic mass is 10.1. The van der Waals surface area contributed by atoms with Gasteiger partial charge >= 0.3 is 0 Å². The average Bonchev–Trinajstić information content (AvgIpc) is 2.51. The van der Waals surface area contributed by atoms with E-state index in [0.29, 0.717) is 5.95 Å². The largest absolute Gasteiger partial charge is 0.356 e. The van der Waals surface area contributed by atoms with Crippen LogP contribution in [-0.4, -0.2) is 23.1 Å². The highest BCUT2D eigenvalue weighted by Crippen LogP contribution is 2.19. The van der Waals surface area contributed by atoms with E-state index in [2.05, 4.69) is 20.2 Å². The number of halogens is 1. The SMILES string of the molecule is Fc1ccc(Nc2nccc(N3CCCCC3)n2)cc1. The Balaban J connectivity index is 1.75. The monoisotopic (exact) mass is 272 g/mol. The summed E-state index contributed by atoms with van der Waals surface area (Å²) in [6.45, 7) is 2.10. The molecule has 0 amide bonds. The highest BCUT2D eigenvalue weighted by molar-refractivity contribution is 5.54. The van der Waals surface area contributed by atoms with Gasteiger partial charge in [-0.15, -0.1) is 0 Å². The van der Waals surface area contributed by atoms with Gasteiger partial charge in [0.05, 0.1) is 0 Å². The predicted molar refractivity (Wildman–Crippen MR) is 77.8 cm³/mol. The summed E-state index contributed by atoms with van der Waals surface area (Å²) in [5.74, 6) is 1.24. The van der Waals surface area contributed by atoms with Crippen LogP contribution in [0.4, 0.5) is 21.8 Å². The van der Waals surface area contributed by atoms with Crippen LogP contribution in [0.15, 0.2) is 36.5 Å². The highest BCUT2D eigenvalue weighted by atomic mass is 19.1. The Morgan fingerprint density at radius 1 is 1.00 bits per heavy atom. The summed E-state index contributed by atoms with van der Waals surface area (Å²) in [6, 6.07) is 8.10. The normalized spacial score (nSPS) is 15.2. The van der Waals surface area contributed by atoms with Crippen molar-refractivity contribution in [3.8, 4) is 0 Å². The maximum absolute atomic E-state index is 12.9. The summed E-state index contributed by atoms with van der Waals surface area (Å²) in [5, 5.41) is 3.10. The zero-order valence-corrected chi connectivity index (χ0v) is 11.2. The third-order valence-electron chi connectivity index (χ3n) is 3.42. The van der Waals surface area contributed by atoms with Crippen molar-refractivity contribution in [3.05, 3.63) is 42.3 Å². The number of anilines is 3. The van der Waals surface area contributed by atoms with E-state index < -0.39 is 0 Å². The first-order valence-electron chi connectivity index (χ1n) is 6.92. The minimum Gasteiger partial charge on any atom is -0.356 e. The number of nitrogens with zero attached hydrogens (tertiary/aromatic N) is 3. The first-order valence-corrected chi connectivity index (χ1v) is 6.92. The van der Waals surface area contributed by atoms with E-state index in [1.807, 2.05) is 6.07 Å². The van der Waals surface area contributed by atoms with E-state index in [1.54, 1.807) is 18.3 Å². The van der Waals surface area contributed by atoms with E-state index in [4.69, 9.17) is 0 Å². The van der Waals surface area contributed by atoms with Crippen molar-refractivity contribution in [1.82, 2.24) is 9.97 Å². The maximum Gasteiger partial charge on any atom is 0.229 e. The van der Waals surface area contributed by atoms with Crippen LogP contribution >= 0.6 is 0 Å². The van der Waals surface area contributed by atoms with Gasteiger partial charge in [0.2, 0.25) is 5.95 Å². The Hall–Kier alpha value is -2.17. The highest BCUT2D eigenvalue weighted by Gasteiger charge is 2.12. The molecule has 0 saturated carbocycles. The second-order valence-corrected chi connectivity index (χ2v) is 4.92. The zero-order valence-electron chi connectivity index (χ0n) is 11.2. The van der Waals surface area contributed by atoms with Crippen molar-refractivity contribution in [3.63, 3.8) is 0 Å². The lowest BCUT2D eigenvalue weighted by Crippen LogP contribution is -2.30. The van der Waals surface area contributed by atoms with Gasteiger partial charge in [0.1, 0.15) is 11.6 Å². The molecule has 2 heterocycles. The Labute approximate surface area is 117 Å².